The van der Waals surface area contributed by atoms with Crippen LogP contribution in [0.4, 0.5) is 14.5 Å². The van der Waals surface area contributed by atoms with E-state index in [0.717, 1.165) is 18.7 Å². The Balaban J connectivity index is 0.00000280. The zero-order valence-corrected chi connectivity index (χ0v) is 20.9. The number of fused-ring (bicyclic) bond motifs is 1. The minimum atomic E-state index is -3.28. The van der Waals surface area contributed by atoms with Crippen LogP contribution >= 0.6 is 0 Å². The predicted octanol–water partition coefficient (Wildman–Crippen LogP) is 1.04. The van der Waals surface area contributed by atoms with Gasteiger partial charge < -0.3 is 14.4 Å². The Morgan fingerprint density at radius 3 is 2.57 bits per heavy atom. The van der Waals surface area contributed by atoms with Gasteiger partial charge >= 0.3 is 64.2 Å². The summed E-state index contributed by atoms with van der Waals surface area (Å²) in [5.74, 6) is -4.57. The number of rotatable bonds is 2. The van der Waals surface area contributed by atoms with Gasteiger partial charge in [0.1, 0.15) is 0 Å². The number of anilines is 1. The summed E-state index contributed by atoms with van der Waals surface area (Å²) in [6.07, 6.45) is 0.187. The maximum absolute atomic E-state index is 14.8. The standard InChI is InChI=1S/C21H18F2NO3.Rb/c1-14-7-9-15(10-8-14)20(26)24-12-11-21(22,23)17(13-19(25)27-2)16-5-3-4-6-18(16)24;/h3-9,13H,11-12H2,1-2H3;/q-1;+1/b17-13-;. The van der Waals surface area contributed by atoms with Crippen molar-refractivity contribution in [1.82, 2.24) is 0 Å². The van der Waals surface area contributed by atoms with Crippen molar-refractivity contribution in [1.29, 1.82) is 0 Å². The van der Waals surface area contributed by atoms with E-state index in [-0.39, 0.29) is 70.3 Å². The Labute approximate surface area is 211 Å². The molecule has 0 radical (unpaired) electrons. The molecule has 0 spiro atoms. The molecule has 3 rings (SSSR count). The Bertz CT molecular complexity index is 910. The van der Waals surface area contributed by atoms with Crippen LogP contribution in [0.15, 0.2) is 48.5 Å². The SMILES string of the molecule is COC(=O)/C=C1/c2ccccc2N(C(=O)c2[c-]cc(C)cc2)CCC1(F)F.[Rb+]. The summed E-state index contributed by atoms with van der Waals surface area (Å²) < 4.78 is 34.1. The van der Waals surface area contributed by atoms with E-state index in [1.807, 2.05) is 6.92 Å². The molecule has 1 aliphatic heterocycles. The van der Waals surface area contributed by atoms with Gasteiger partial charge in [0, 0.05) is 35.9 Å². The molecular weight excluding hydrogens is 438 g/mol. The number of para-hydroxylation sites is 1. The van der Waals surface area contributed by atoms with Crippen molar-refractivity contribution in [2.45, 2.75) is 19.3 Å². The van der Waals surface area contributed by atoms with Crippen LogP contribution in [0.3, 0.4) is 0 Å². The molecule has 2 aromatic rings. The normalized spacial score (nSPS) is 16.6. The minimum Gasteiger partial charge on any atom is -0.466 e. The molecule has 28 heavy (non-hydrogen) atoms. The van der Waals surface area contributed by atoms with Crippen molar-refractivity contribution in [3.8, 4) is 0 Å². The zero-order valence-electron chi connectivity index (χ0n) is 16.0. The summed E-state index contributed by atoms with van der Waals surface area (Å²) in [6.45, 7) is 1.68. The summed E-state index contributed by atoms with van der Waals surface area (Å²) in [4.78, 5) is 25.9. The van der Waals surface area contributed by atoms with Gasteiger partial charge in [-0.25, -0.2) is 13.6 Å². The van der Waals surface area contributed by atoms with Crippen LogP contribution in [-0.4, -0.2) is 31.5 Å². The van der Waals surface area contributed by atoms with Crippen LogP contribution in [-0.2, 0) is 9.53 Å². The number of hydrogen-bond donors (Lipinski definition) is 0. The number of esters is 1. The summed E-state index contributed by atoms with van der Waals surface area (Å²) in [6, 6.07) is 14.3. The third kappa shape index (κ3) is 4.85. The second-order valence-corrected chi connectivity index (χ2v) is 6.29. The molecule has 0 saturated carbocycles. The molecule has 0 bridgehead atoms. The Morgan fingerprint density at radius 1 is 1.21 bits per heavy atom. The van der Waals surface area contributed by atoms with Crippen LogP contribution < -0.4 is 63.1 Å². The van der Waals surface area contributed by atoms with Crippen molar-refractivity contribution >= 4 is 23.1 Å². The second-order valence-electron chi connectivity index (χ2n) is 6.29. The smallest absolute Gasteiger partial charge is 0.466 e. The Morgan fingerprint density at radius 2 is 1.93 bits per heavy atom. The van der Waals surface area contributed by atoms with Gasteiger partial charge in [0.2, 0.25) is 0 Å². The van der Waals surface area contributed by atoms with E-state index in [9.17, 15) is 18.4 Å². The number of hydrogen-bond acceptors (Lipinski definition) is 3. The number of ether oxygens (including phenoxy) is 1. The summed E-state index contributed by atoms with van der Waals surface area (Å²) in [5, 5.41) is 0. The fraction of sp³-hybridized carbons (Fsp3) is 0.238. The van der Waals surface area contributed by atoms with Gasteiger partial charge in [-0.3, -0.25) is 0 Å². The minimum absolute atomic E-state index is 0. The van der Waals surface area contributed by atoms with Crippen LogP contribution in [0.5, 0.6) is 0 Å². The topological polar surface area (TPSA) is 46.6 Å². The van der Waals surface area contributed by atoms with Crippen molar-refractivity contribution in [3.63, 3.8) is 0 Å². The van der Waals surface area contributed by atoms with E-state index in [4.69, 9.17) is 0 Å². The third-order valence-electron chi connectivity index (χ3n) is 4.44. The monoisotopic (exact) mass is 455 g/mol. The number of allylic oxidation sites excluding steroid dienone is 1. The molecule has 1 heterocycles. The van der Waals surface area contributed by atoms with Gasteiger partial charge in [0.25, 0.3) is 5.92 Å². The van der Waals surface area contributed by atoms with E-state index in [1.54, 1.807) is 36.4 Å². The van der Waals surface area contributed by atoms with E-state index in [0.29, 0.717) is 11.3 Å². The first-order chi connectivity index (χ1) is 12.8. The number of benzene rings is 2. The molecule has 0 N–H and O–H groups in total. The molecule has 0 unspecified atom stereocenters. The third-order valence-corrected chi connectivity index (χ3v) is 4.44. The van der Waals surface area contributed by atoms with E-state index in [1.165, 1.54) is 11.0 Å². The number of methoxy groups -OCH3 is 1. The average Bonchev–Trinajstić information content (AvgIpc) is 2.76. The van der Waals surface area contributed by atoms with Crippen molar-refractivity contribution < 1.29 is 81.3 Å². The number of halogens is 2. The molecule has 7 heteroatoms. The fourth-order valence-corrected chi connectivity index (χ4v) is 2.99. The average molecular weight is 456 g/mol. The van der Waals surface area contributed by atoms with Gasteiger partial charge in [-0.05, 0) is 6.07 Å². The molecular formula is C21H18F2NO3Rb. The van der Waals surface area contributed by atoms with Gasteiger partial charge in [-0.2, -0.15) is 0 Å². The number of carbonyl (C=O) groups excluding carboxylic acids is 2. The molecule has 0 saturated heterocycles. The van der Waals surface area contributed by atoms with E-state index in [2.05, 4.69) is 10.8 Å². The molecule has 0 fully saturated rings. The van der Waals surface area contributed by atoms with Crippen LogP contribution in [0.25, 0.3) is 5.57 Å². The largest absolute Gasteiger partial charge is 1.00 e. The van der Waals surface area contributed by atoms with Crippen LogP contribution in [0.1, 0.15) is 27.9 Å². The molecule has 4 nitrogen and oxygen atoms in total. The number of carbonyl (C=O) groups is 2. The zero-order chi connectivity index (χ0) is 19.6. The van der Waals surface area contributed by atoms with Crippen molar-refractivity contribution in [2.75, 3.05) is 18.6 Å². The van der Waals surface area contributed by atoms with Crippen LogP contribution in [0, 0.1) is 13.0 Å². The number of nitrogens with zero attached hydrogens (tertiary/aromatic N) is 1. The Hall–Kier alpha value is -1.21. The van der Waals surface area contributed by atoms with Crippen molar-refractivity contribution in [2.24, 2.45) is 0 Å². The molecule has 2 aromatic carbocycles. The number of aryl methyl sites for hydroxylation is 1. The fourth-order valence-electron chi connectivity index (χ4n) is 2.99. The molecule has 0 aliphatic carbocycles. The first kappa shape index (κ1) is 23.1. The van der Waals surface area contributed by atoms with Gasteiger partial charge in [-0.1, -0.05) is 30.7 Å². The van der Waals surface area contributed by atoms with Gasteiger partial charge in [0.15, 0.2) is 5.91 Å². The molecule has 1 aliphatic rings. The first-order valence-electron chi connectivity index (χ1n) is 8.41. The number of alkyl halides is 2. The summed E-state index contributed by atoms with van der Waals surface area (Å²) in [5.41, 5.74) is 1.24. The van der Waals surface area contributed by atoms with Crippen molar-refractivity contribution in [3.05, 3.63) is 71.3 Å². The summed E-state index contributed by atoms with van der Waals surface area (Å²) in [7, 11) is 1.13. The maximum atomic E-state index is 14.8. The number of amides is 1. The molecule has 140 valence electrons. The quantitative estimate of drug-likeness (QED) is 0.386. The Kier molecular flexibility index (Phi) is 7.85. The first-order valence-corrected chi connectivity index (χ1v) is 8.41. The van der Waals surface area contributed by atoms with E-state index >= 15 is 0 Å². The van der Waals surface area contributed by atoms with Gasteiger partial charge in [-0.15, -0.1) is 29.8 Å². The maximum Gasteiger partial charge on any atom is 1.00 e. The second kappa shape index (κ2) is 9.52. The molecule has 1 amide bonds. The summed E-state index contributed by atoms with van der Waals surface area (Å²) >= 11 is 0. The van der Waals surface area contributed by atoms with Gasteiger partial charge in [0.05, 0.1) is 7.11 Å². The predicted molar refractivity (Wildman–Crippen MR) is 97.7 cm³/mol. The van der Waals surface area contributed by atoms with Crippen LogP contribution in [0.2, 0.25) is 0 Å². The van der Waals surface area contributed by atoms with E-state index < -0.39 is 29.8 Å². The molecule has 0 aromatic heterocycles. The molecule has 0 atom stereocenters.